The summed E-state index contributed by atoms with van der Waals surface area (Å²) in [6.45, 7) is 4.28. The predicted molar refractivity (Wildman–Crippen MR) is 83.3 cm³/mol. The summed E-state index contributed by atoms with van der Waals surface area (Å²) in [5, 5.41) is 11.4. The Kier molecular flexibility index (Phi) is 3.29. The molecule has 1 aliphatic rings. The van der Waals surface area contributed by atoms with Crippen molar-refractivity contribution in [2.75, 3.05) is 6.54 Å². The maximum Gasteiger partial charge on any atom is 0.270 e. The van der Waals surface area contributed by atoms with Gasteiger partial charge in [0.25, 0.3) is 5.91 Å². The van der Waals surface area contributed by atoms with Gasteiger partial charge in [0, 0.05) is 24.5 Å². The molecule has 1 amide bonds. The second-order valence-corrected chi connectivity index (χ2v) is 6.46. The molecular weight excluding hydrogens is 264 g/mol. The molecule has 4 heteroatoms. The molecular formula is C17H22N2O2. The van der Waals surface area contributed by atoms with Gasteiger partial charge in [-0.05, 0) is 38.8 Å². The van der Waals surface area contributed by atoms with Gasteiger partial charge in [0.05, 0.1) is 11.6 Å². The zero-order valence-electron chi connectivity index (χ0n) is 12.8. The molecule has 1 aromatic heterocycles. The Hall–Kier alpha value is -1.81. The molecule has 0 spiro atoms. The fraction of sp³-hybridized carbons (Fsp3) is 0.471. The Balaban J connectivity index is 1.99. The first-order valence-corrected chi connectivity index (χ1v) is 7.47. The zero-order valence-corrected chi connectivity index (χ0v) is 12.8. The van der Waals surface area contributed by atoms with Gasteiger partial charge in [-0.1, -0.05) is 18.2 Å². The first-order chi connectivity index (χ1) is 9.89. The third-order valence-electron chi connectivity index (χ3n) is 4.50. The summed E-state index contributed by atoms with van der Waals surface area (Å²) < 4.78 is 1.94. The Labute approximate surface area is 125 Å². The SMILES string of the molecule is Cn1c(C(=O)N2CCCC2C(C)(C)O)cc2ccccc21. The van der Waals surface area contributed by atoms with Gasteiger partial charge < -0.3 is 14.6 Å². The fourth-order valence-electron chi connectivity index (χ4n) is 3.39. The van der Waals surface area contributed by atoms with Crippen LogP contribution in [0.15, 0.2) is 30.3 Å². The molecule has 0 radical (unpaired) electrons. The topological polar surface area (TPSA) is 45.5 Å². The molecule has 0 aliphatic carbocycles. The highest BCUT2D eigenvalue weighted by atomic mass is 16.3. The second-order valence-electron chi connectivity index (χ2n) is 6.46. The summed E-state index contributed by atoms with van der Waals surface area (Å²) in [5.74, 6) is 0.0123. The number of aryl methyl sites for hydroxylation is 1. The van der Waals surface area contributed by atoms with Crippen molar-refractivity contribution in [3.8, 4) is 0 Å². The number of carbonyl (C=O) groups is 1. The Bertz CT molecular complexity index is 682. The van der Waals surface area contributed by atoms with Gasteiger partial charge in [0.2, 0.25) is 0 Å². The highest BCUT2D eigenvalue weighted by Crippen LogP contribution is 2.29. The minimum absolute atomic E-state index is 0.0123. The van der Waals surface area contributed by atoms with E-state index in [0.717, 1.165) is 30.3 Å². The number of benzene rings is 1. The van der Waals surface area contributed by atoms with Crippen LogP contribution in [0.3, 0.4) is 0 Å². The summed E-state index contributed by atoms with van der Waals surface area (Å²) in [7, 11) is 1.92. The summed E-state index contributed by atoms with van der Waals surface area (Å²) >= 11 is 0. The number of carbonyl (C=O) groups excluding carboxylic acids is 1. The Morgan fingerprint density at radius 2 is 2.05 bits per heavy atom. The number of aliphatic hydroxyl groups is 1. The lowest BCUT2D eigenvalue weighted by atomic mass is 9.96. The van der Waals surface area contributed by atoms with Crippen molar-refractivity contribution in [3.63, 3.8) is 0 Å². The van der Waals surface area contributed by atoms with E-state index in [-0.39, 0.29) is 11.9 Å². The van der Waals surface area contributed by atoms with Crippen LogP contribution in [0.1, 0.15) is 37.2 Å². The average Bonchev–Trinajstić information content (AvgIpc) is 3.03. The van der Waals surface area contributed by atoms with Crippen LogP contribution in [-0.4, -0.2) is 38.7 Å². The van der Waals surface area contributed by atoms with Gasteiger partial charge in [-0.25, -0.2) is 0 Å². The highest BCUT2D eigenvalue weighted by Gasteiger charge is 2.39. The molecule has 1 aliphatic heterocycles. The van der Waals surface area contributed by atoms with Gasteiger partial charge in [0.15, 0.2) is 0 Å². The lowest BCUT2D eigenvalue weighted by Crippen LogP contribution is -2.48. The summed E-state index contributed by atoms with van der Waals surface area (Å²) in [5.41, 5.74) is 0.878. The third kappa shape index (κ3) is 2.33. The number of hydrogen-bond acceptors (Lipinski definition) is 2. The van der Waals surface area contributed by atoms with E-state index in [0.29, 0.717) is 5.69 Å². The predicted octanol–water partition coefficient (Wildman–Crippen LogP) is 2.55. The van der Waals surface area contributed by atoms with Gasteiger partial charge in [-0.2, -0.15) is 0 Å². The number of aromatic nitrogens is 1. The molecule has 1 fully saturated rings. The number of nitrogens with zero attached hydrogens (tertiary/aromatic N) is 2. The molecule has 0 saturated carbocycles. The molecule has 1 aromatic carbocycles. The van der Waals surface area contributed by atoms with Crippen LogP contribution in [-0.2, 0) is 7.05 Å². The van der Waals surface area contributed by atoms with E-state index in [1.807, 2.05) is 46.8 Å². The molecule has 21 heavy (non-hydrogen) atoms. The molecule has 1 atom stereocenters. The van der Waals surface area contributed by atoms with E-state index in [2.05, 4.69) is 0 Å². The molecule has 112 valence electrons. The van der Waals surface area contributed by atoms with Crippen molar-refractivity contribution in [3.05, 3.63) is 36.0 Å². The Morgan fingerprint density at radius 1 is 1.33 bits per heavy atom. The number of amides is 1. The molecule has 3 rings (SSSR count). The summed E-state index contributed by atoms with van der Waals surface area (Å²) in [4.78, 5) is 14.7. The Morgan fingerprint density at radius 3 is 2.71 bits per heavy atom. The van der Waals surface area contributed by atoms with Gasteiger partial charge in [-0.15, -0.1) is 0 Å². The number of fused-ring (bicyclic) bond motifs is 1. The molecule has 0 bridgehead atoms. The molecule has 2 aromatic rings. The maximum atomic E-state index is 12.9. The van der Waals surface area contributed by atoms with E-state index in [9.17, 15) is 9.90 Å². The first kappa shape index (κ1) is 14.1. The smallest absolute Gasteiger partial charge is 0.270 e. The van der Waals surface area contributed by atoms with Crippen molar-refractivity contribution >= 4 is 16.8 Å². The van der Waals surface area contributed by atoms with Crippen LogP contribution in [0.2, 0.25) is 0 Å². The van der Waals surface area contributed by atoms with Crippen LogP contribution in [0.5, 0.6) is 0 Å². The molecule has 1 saturated heterocycles. The standard InChI is InChI=1S/C17H22N2O2/c1-17(2,21)15-9-6-10-19(15)16(20)14-11-12-7-4-5-8-13(12)18(14)3/h4-5,7-8,11,15,21H,6,9-10H2,1-3H3. The lowest BCUT2D eigenvalue weighted by Gasteiger charge is -2.33. The number of para-hydroxylation sites is 1. The average molecular weight is 286 g/mol. The largest absolute Gasteiger partial charge is 0.388 e. The minimum atomic E-state index is -0.864. The quantitative estimate of drug-likeness (QED) is 0.922. The second kappa shape index (κ2) is 4.88. The van der Waals surface area contributed by atoms with Crippen molar-refractivity contribution in [2.45, 2.75) is 38.3 Å². The maximum absolute atomic E-state index is 12.9. The number of rotatable bonds is 2. The number of hydrogen-bond donors (Lipinski definition) is 1. The lowest BCUT2D eigenvalue weighted by molar-refractivity contribution is 0.00000133. The van der Waals surface area contributed by atoms with Crippen LogP contribution in [0, 0.1) is 0 Å². The van der Waals surface area contributed by atoms with E-state index in [1.165, 1.54) is 0 Å². The van der Waals surface area contributed by atoms with Gasteiger partial charge in [0.1, 0.15) is 5.69 Å². The van der Waals surface area contributed by atoms with Crippen molar-refractivity contribution < 1.29 is 9.90 Å². The van der Waals surface area contributed by atoms with E-state index < -0.39 is 5.60 Å². The van der Waals surface area contributed by atoms with Crippen molar-refractivity contribution in [1.29, 1.82) is 0 Å². The van der Waals surface area contributed by atoms with Crippen molar-refractivity contribution in [1.82, 2.24) is 9.47 Å². The first-order valence-electron chi connectivity index (χ1n) is 7.47. The van der Waals surface area contributed by atoms with Crippen LogP contribution in [0.4, 0.5) is 0 Å². The monoisotopic (exact) mass is 286 g/mol. The van der Waals surface area contributed by atoms with Crippen LogP contribution in [0.25, 0.3) is 10.9 Å². The molecule has 4 nitrogen and oxygen atoms in total. The van der Waals surface area contributed by atoms with E-state index in [1.54, 1.807) is 13.8 Å². The minimum Gasteiger partial charge on any atom is -0.388 e. The number of likely N-dealkylation sites (tertiary alicyclic amines) is 1. The normalized spacial score (nSPS) is 19.4. The van der Waals surface area contributed by atoms with Gasteiger partial charge in [-0.3, -0.25) is 4.79 Å². The van der Waals surface area contributed by atoms with Gasteiger partial charge >= 0.3 is 0 Å². The van der Waals surface area contributed by atoms with E-state index >= 15 is 0 Å². The summed E-state index contributed by atoms with van der Waals surface area (Å²) in [6.07, 6.45) is 1.81. The molecule has 1 N–H and O–H groups in total. The molecule has 2 heterocycles. The van der Waals surface area contributed by atoms with Crippen LogP contribution < -0.4 is 0 Å². The molecule has 1 unspecified atom stereocenters. The zero-order chi connectivity index (χ0) is 15.2. The van der Waals surface area contributed by atoms with E-state index in [4.69, 9.17) is 0 Å². The fourth-order valence-corrected chi connectivity index (χ4v) is 3.39. The third-order valence-corrected chi connectivity index (χ3v) is 4.50. The highest BCUT2D eigenvalue weighted by molar-refractivity contribution is 5.99. The van der Waals surface area contributed by atoms with Crippen molar-refractivity contribution in [2.24, 2.45) is 7.05 Å². The van der Waals surface area contributed by atoms with Crippen LogP contribution >= 0.6 is 0 Å². The summed E-state index contributed by atoms with van der Waals surface area (Å²) in [6, 6.07) is 9.82.